The highest BCUT2D eigenvalue weighted by atomic mass is 35.5. The number of hydrazone groups is 2. The van der Waals surface area contributed by atoms with E-state index in [1.165, 1.54) is 18.3 Å². The average Bonchev–Trinajstić information content (AvgIpc) is 2.75. The number of anilines is 1. The van der Waals surface area contributed by atoms with E-state index in [9.17, 15) is 4.79 Å². The first-order chi connectivity index (χ1) is 15.0. The second-order valence-corrected chi connectivity index (χ2v) is 7.21. The van der Waals surface area contributed by atoms with Gasteiger partial charge in [-0.1, -0.05) is 53.0 Å². The molecular formula is C21H16Cl3N5O2. The van der Waals surface area contributed by atoms with Crippen LogP contribution in [0.2, 0.25) is 15.2 Å². The molecule has 10 heteroatoms. The van der Waals surface area contributed by atoms with Crippen molar-refractivity contribution in [3.05, 3.63) is 86.5 Å². The van der Waals surface area contributed by atoms with E-state index in [1.807, 2.05) is 24.3 Å². The number of nitrogens with one attached hydrogen (secondary N) is 2. The zero-order valence-electron chi connectivity index (χ0n) is 16.1. The number of ether oxygens (including phenoxy) is 1. The van der Waals surface area contributed by atoms with Crippen molar-refractivity contribution in [2.24, 2.45) is 10.2 Å². The van der Waals surface area contributed by atoms with Gasteiger partial charge in [-0.2, -0.15) is 10.2 Å². The van der Waals surface area contributed by atoms with Crippen molar-refractivity contribution >= 4 is 59.0 Å². The highest BCUT2D eigenvalue weighted by Crippen LogP contribution is 2.22. The van der Waals surface area contributed by atoms with E-state index in [4.69, 9.17) is 39.5 Å². The molecule has 0 fully saturated rings. The summed E-state index contributed by atoms with van der Waals surface area (Å²) in [6, 6.07) is 15.3. The lowest BCUT2D eigenvalue weighted by Crippen LogP contribution is -2.18. The van der Waals surface area contributed by atoms with Crippen LogP contribution in [0.5, 0.6) is 5.75 Å². The number of carbonyl (C=O) groups excluding carboxylic acids is 1. The Morgan fingerprint density at radius 3 is 2.48 bits per heavy atom. The summed E-state index contributed by atoms with van der Waals surface area (Å²) in [6.45, 7) is 0. The summed E-state index contributed by atoms with van der Waals surface area (Å²) in [5, 5.41) is 8.95. The molecule has 1 aromatic heterocycles. The molecule has 0 atom stereocenters. The minimum Gasteiger partial charge on any atom is -0.496 e. The first-order valence-electron chi connectivity index (χ1n) is 8.85. The maximum Gasteiger partial charge on any atom is 0.271 e. The summed E-state index contributed by atoms with van der Waals surface area (Å²) < 4.78 is 5.26. The topological polar surface area (TPSA) is 88.0 Å². The maximum absolute atomic E-state index is 12.4. The maximum atomic E-state index is 12.4. The number of carbonyl (C=O) groups is 1. The molecule has 31 heavy (non-hydrogen) atoms. The monoisotopic (exact) mass is 475 g/mol. The van der Waals surface area contributed by atoms with Crippen LogP contribution >= 0.6 is 34.8 Å². The van der Waals surface area contributed by atoms with Gasteiger partial charge in [0, 0.05) is 16.7 Å². The van der Waals surface area contributed by atoms with Crippen molar-refractivity contribution in [3.63, 3.8) is 0 Å². The third-order valence-corrected chi connectivity index (χ3v) is 4.79. The third-order valence-electron chi connectivity index (χ3n) is 3.94. The van der Waals surface area contributed by atoms with E-state index in [0.717, 1.165) is 5.56 Å². The molecule has 0 saturated heterocycles. The summed E-state index contributed by atoms with van der Waals surface area (Å²) in [5.74, 6) is 0.450. The molecule has 2 N–H and O–H groups in total. The van der Waals surface area contributed by atoms with Gasteiger partial charge in [-0.3, -0.25) is 10.2 Å². The Morgan fingerprint density at radius 2 is 1.74 bits per heavy atom. The van der Waals surface area contributed by atoms with E-state index in [1.54, 1.807) is 31.5 Å². The van der Waals surface area contributed by atoms with Gasteiger partial charge in [0.05, 0.1) is 29.6 Å². The van der Waals surface area contributed by atoms with Crippen molar-refractivity contribution in [2.75, 3.05) is 12.5 Å². The number of pyridine rings is 1. The molecule has 0 aliphatic carbocycles. The number of rotatable bonds is 7. The number of amides is 1. The molecule has 1 amide bonds. The molecule has 0 aliphatic heterocycles. The molecular weight excluding hydrogens is 461 g/mol. The molecule has 158 valence electrons. The molecule has 1 heterocycles. The summed E-state index contributed by atoms with van der Waals surface area (Å²) in [6.07, 6.45) is 2.93. The van der Waals surface area contributed by atoms with Gasteiger partial charge in [-0.05, 0) is 36.4 Å². The van der Waals surface area contributed by atoms with E-state index in [-0.39, 0.29) is 16.5 Å². The fourth-order valence-corrected chi connectivity index (χ4v) is 3.18. The molecule has 0 bridgehead atoms. The normalized spacial score (nSPS) is 11.1. The Morgan fingerprint density at radius 1 is 1.00 bits per heavy atom. The van der Waals surface area contributed by atoms with Crippen LogP contribution in [0.4, 0.5) is 5.82 Å². The van der Waals surface area contributed by atoms with Crippen molar-refractivity contribution < 1.29 is 9.53 Å². The van der Waals surface area contributed by atoms with Crippen LogP contribution < -0.4 is 15.6 Å². The highest BCUT2D eigenvalue weighted by Gasteiger charge is 2.09. The molecule has 7 nitrogen and oxygen atoms in total. The minimum atomic E-state index is -0.500. The predicted octanol–water partition coefficient (Wildman–Crippen LogP) is 5.26. The second-order valence-electron chi connectivity index (χ2n) is 6.01. The van der Waals surface area contributed by atoms with Gasteiger partial charge >= 0.3 is 0 Å². The fraction of sp³-hybridized carbons (Fsp3) is 0.0476. The van der Waals surface area contributed by atoms with E-state index >= 15 is 0 Å². The number of hydrogen-bond acceptors (Lipinski definition) is 6. The standard InChI is InChI=1S/C21H16Cl3N5O2/c1-31-18-8-3-2-5-13(18)11-25-28-20-10-14(9-19(24)27-20)21(30)29-26-12-15-16(22)6-4-7-17(15)23/h2-12H,1H3,(H,27,28)(H,29,30)/b25-11+,26-12+. The number of methoxy groups -OCH3 is 1. The Balaban J connectivity index is 1.69. The predicted molar refractivity (Wildman–Crippen MR) is 125 cm³/mol. The van der Waals surface area contributed by atoms with Crippen molar-refractivity contribution in [3.8, 4) is 5.75 Å². The van der Waals surface area contributed by atoms with Crippen molar-refractivity contribution in [1.82, 2.24) is 10.4 Å². The number of halogens is 3. The fourth-order valence-electron chi connectivity index (χ4n) is 2.48. The van der Waals surface area contributed by atoms with Gasteiger partial charge in [0.2, 0.25) is 0 Å². The molecule has 3 aromatic rings. The van der Waals surface area contributed by atoms with Crippen LogP contribution in [0.1, 0.15) is 21.5 Å². The van der Waals surface area contributed by atoms with Gasteiger partial charge in [0.15, 0.2) is 0 Å². The van der Waals surface area contributed by atoms with Gasteiger partial charge in [-0.25, -0.2) is 10.4 Å². The molecule has 0 saturated carbocycles. The van der Waals surface area contributed by atoms with Crippen molar-refractivity contribution in [1.29, 1.82) is 0 Å². The molecule has 0 spiro atoms. The van der Waals surface area contributed by atoms with Crippen LogP contribution in [0, 0.1) is 0 Å². The Hall–Kier alpha value is -3.13. The Bertz CT molecular complexity index is 1130. The summed E-state index contributed by atoms with van der Waals surface area (Å²) in [5.41, 5.74) is 6.63. The highest BCUT2D eigenvalue weighted by molar-refractivity contribution is 6.38. The molecule has 0 radical (unpaired) electrons. The van der Waals surface area contributed by atoms with E-state index in [0.29, 0.717) is 21.4 Å². The summed E-state index contributed by atoms with van der Waals surface area (Å²) in [4.78, 5) is 16.5. The number of hydrogen-bond donors (Lipinski definition) is 2. The lowest BCUT2D eigenvalue weighted by atomic mass is 10.2. The van der Waals surface area contributed by atoms with E-state index in [2.05, 4.69) is 26.0 Å². The average molecular weight is 477 g/mol. The molecule has 3 rings (SSSR count). The van der Waals surface area contributed by atoms with E-state index < -0.39 is 5.91 Å². The summed E-state index contributed by atoms with van der Waals surface area (Å²) >= 11 is 18.2. The first kappa shape index (κ1) is 22.6. The molecule has 0 unspecified atom stereocenters. The lowest BCUT2D eigenvalue weighted by Gasteiger charge is -2.06. The zero-order chi connectivity index (χ0) is 22.2. The largest absolute Gasteiger partial charge is 0.496 e. The quantitative estimate of drug-likeness (QED) is 0.277. The smallest absolute Gasteiger partial charge is 0.271 e. The number of para-hydroxylation sites is 1. The SMILES string of the molecule is COc1ccccc1/C=N/Nc1cc(C(=O)N/N=C/c2c(Cl)cccc2Cl)cc(Cl)n1. The molecule has 2 aromatic carbocycles. The Kier molecular flexibility index (Phi) is 7.83. The van der Waals surface area contributed by atoms with Gasteiger partial charge in [0.1, 0.15) is 16.7 Å². The molecule has 0 aliphatic rings. The number of benzene rings is 2. The second kappa shape index (κ2) is 10.8. The summed E-state index contributed by atoms with van der Waals surface area (Å²) in [7, 11) is 1.58. The van der Waals surface area contributed by atoms with Crippen LogP contribution in [0.3, 0.4) is 0 Å². The van der Waals surface area contributed by atoms with Crippen molar-refractivity contribution in [2.45, 2.75) is 0 Å². The van der Waals surface area contributed by atoms with Crippen LogP contribution in [-0.4, -0.2) is 30.4 Å². The van der Waals surface area contributed by atoms with Crippen LogP contribution in [0.25, 0.3) is 0 Å². The zero-order valence-corrected chi connectivity index (χ0v) is 18.4. The first-order valence-corrected chi connectivity index (χ1v) is 9.98. The van der Waals surface area contributed by atoms with Gasteiger partial charge < -0.3 is 4.74 Å². The number of nitrogens with zero attached hydrogens (tertiary/aromatic N) is 3. The van der Waals surface area contributed by atoms with Gasteiger partial charge in [0.25, 0.3) is 5.91 Å². The third kappa shape index (κ3) is 6.18. The van der Waals surface area contributed by atoms with Crippen LogP contribution in [-0.2, 0) is 0 Å². The van der Waals surface area contributed by atoms with Gasteiger partial charge in [-0.15, -0.1) is 0 Å². The number of aromatic nitrogens is 1. The lowest BCUT2D eigenvalue weighted by molar-refractivity contribution is 0.0955. The Labute approximate surface area is 193 Å². The van der Waals surface area contributed by atoms with Crippen LogP contribution in [0.15, 0.2) is 64.8 Å². The minimum absolute atomic E-state index is 0.112.